The van der Waals surface area contributed by atoms with Gasteiger partial charge in [-0.2, -0.15) is 0 Å². The Morgan fingerprint density at radius 3 is 2.62 bits per heavy atom. The molecule has 0 aliphatic heterocycles. The molecular weight excluding hydrogens is 483 g/mol. The second kappa shape index (κ2) is 13.4. The molecule has 0 fully saturated rings. The van der Waals surface area contributed by atoms with Gasteiger partial charge in [-0.15, -0.1) is 24.0 Å². The van der Waals surface area contributed by atoms with Crippen LogP contribution in [0.3, 0.4) is 0 Å². The minimum absolute atomic E-state index is 0. The van der Waals surface area contributed by atoms with Gasteiger partial charge in [0.25, 0.3) is 0 Å². The maximum atomic E-state index is 5.90. The van der Waals surface area contributed by atoms with Gasteiger partial charge in [-0.3, -0.25) is 4.99 Å². The lowest BCUT2D eigenvalue weighted by Crippen LogP contribution is -2.38. The first-order valence-corrected chi connectivity index (χ1v) is 9.71. The summed E-state index contributed by atoms with van der Waals surface area (Å²) in [6.45, 7) is 11.1. The van der Waals surface area contributed by atoms with E-state index in [4.69, 9.17) is 14.0 Å². The third-order valence-corrected chi connectivity index (χ3v) is 4.43. The Morgan fingerprint density at radius 2 is 1.97 bits per heavy atom. The van der Waals surface area contributed by atoms with Crippen LogP contribution in [0, 0.1) is 20.8 Å². The zero-order valence-corrected chi connectivity index (χ0v) is 20.3. The van der Waals surface area contributed by atoms with Gasteiger partial charge in [0.2, 0.25) is 0 Å². The Kier molecular flexibility index (Phi) is 11.7. The second-order valence-corrected chi connectivity index (χ2v) is 6.56. The van der Waals surface area contributed by atoms with Crippen LogP contribution in [0.5, 0.6) is 5.75 Å². The number of aromatic nitrogens is 1. The van der Waals surface area contributed by atoms with Crippen molar-refractivity contribution in [1.29, 1.82) is 0 Å². The molecule has 0 unspecified atom stereocenters. The highest BCUT2D eigenvalue weighted by molar-refractivity contribution is 14.0. The molecule has 8 heteroatoms. The number of hydrogen-bond acceptors (Lipinski definition) is 5. The van der Waals surface area contributed by atoms with Gasteiger partial charge in [0.05, 0.1) is 12.3 Å². The smallest absolute Gasteiger partial charge is 0.191 e. The molecule has 29 heavy (non-hydrogen) atoms. The van der Waals surface area contributed by atoms with Crippen molar-refractivity contribution < 1.29 is 14.0 Å². The molecule has 1 aromatic carbocycles. The Hall–Kier alpha value is -1.81. The molecule has 1 aromatic heterocycles. The van der Waals surface area contributed by atoms with Crippen LogP contribution < -0.4 is 15.4 Å². The van der Waals surface area contributed by atoms with Crippen molar-refractivity contribution in [2.45, 2.75) is 40.7 Å². The van der Waals surface area contributed by atoms with E-state index in [0.717, 1.165) is 52.8 Å². The van der Waals surface area contributed by atoms with Gasteiger partial charge in [-0.25, -0.2) is 0 Å². The molecule has 0 radical (unpaired) electrons. The predicted octanol–water partition coefficient (Wildman–Crippen LogP) is 3.54. The van der Waals surface area contributed by atoms with E-state index in [1.165, 1.54) is 0 Å². The maximum Gasteiger partial charge on any atom is 0.191 e. The van der Waals surface area contributed by atoms with E-state index in [-0.39, 0.29) is 24.0 Å². The number of nitrogens with one attached hydrogen (secondary N) is 2. The van der Waals surface area contributed by atoms with Crippen molar-refractivity contribution in [2.24, 2.45) is 4.99 Å². The van der Waals surface area contributed by atoms with Crippen LogP contribution in [0.15, 0.2) is 27.7 Å². The van der Waals surface area contributed by atoms with E-state index in [1.807, 2.05) is 20.8 Å². The zero-order chi connectivity index (χ0) is 20.4. The van der Waals surface area contributed by atoms with Crippen LogP contribution in [-0.2, 0) is 17.7 Å². The number of ether oxygens (including phenoxy) is 2. The third-order valence-electron chi connectivity index (χ3n) is 4.43. The molecule has 0 spiro atoms. The van der Waals surface area contributed by atoms with Gasteiger partial charge >= 0.3 is 0 Å². The van der Waals surface area contributed by atoms with Crippen LogP contribution in [0.4, 0.5) is 0 Å². The third kappa shape index (κ3) is 8.22. The Labute approximate surface area is 190 Å². The molecule has 1 heterocycles. The monoisotopic (exact) mass is 516 g/mol. The highest BCUT2D eigenvalue weighted by Crippen LogP contribution is 2.20. The van der Waals surface area contributed by atoms with Crippen molar-refractivity contribution in [3.05, 3.63) is 46.3 Å². The average Bonchev–Trinajstić information content (AvgIpc) is 3.01. The van der Waals surface area contributed by atoms with Gasteiger partial charge in [-0.1, -0.05) is 17.3 Å². The van der Waals surface area contributed by atoms with Crippen LogP contribution in [-0.4, -0.2) is 44.5 Å². The average molecular weight is 516 g/mol. The number of benzene rings is 1. The number of hydrogen-bond donors (Lipinski definition) is 2. The molecule has 0 atom stereocenters. The molecule has 0 bridgehead atoms. The molecule has 0 aliphatic carbocycles. The first-order chi connectivity index (χ1) is 13.5. The fourth-order valence-corrected chi connectivity index (χ4v) is 2.86. The summed E-state index contributed by atoms with van der Waals surface area (Å²) in [7, 11) is 1.76. The lowest BCUT2D eigenvalue weighted by molar-refractivity contribution is 0.110. The van der Waals surface area contributed by atoms with Gasteiger partial charge < -0.3 is 24.6 Å². The summed E-state index contributed by atoms with van der Waals surface area (Å²) in [6, 6.07) is 6.21. The molecule has 2 aromatic rings. The normalized spacial score (nSPS) is 11.1. The van der Waals surface area contributed by atoms with Crippen molar-refractivity contribution in [1.82, 2.24) is 15.8 Å². The lowest BCUT2D eigenvalue weighted by Gasteiger charge is -2.15. The van der Waals surface area contributed by atoms with E-state index in [1.54, 1.807) is 7.05 Å². The Morgan fingerprint density at radius 1 is 1.17 bits per heavy atom. The van der Waals surface area contributed by atoms with Crippen molar-refractivity contribution in [3.8, 4) is 5.75 Å². The molecule has 7 nitrogen and oxygen atoms in total. The summed E-state index contributed by atoms with van der Waals surface area (Å²) in [4.78, 5) is 4.30. The molecular formula is C21H33IN4O3. The first kappa shape index (κ1) is 25.2. The molecule has 0 saturated heterocycles. The van der Waals surface area contributed by atoms with Crippen molar-refractivity contribution in [2.75, 3.05) is 33.4 Å². The molecule has 0 amide bonds. The highest BCUT2D eigenvalue weighted by atomic mass is 127. The largest absolute Gasteiger partial charge is 0.491 e. The van der Waals surface area contributed by atoms with E-state index in [0.29, 0.717) is 26.4 Å². The topological polar surface area (TPSA) is 80.9 Å². The summed E-state index contributed by atoms with van der Waals surface area (Å²) < 4.78 is 16.5. The highest BCUT2D eigenvalue weighted by Gasteiger charge is 2.09. The summed E-state index contributed by atoms with van der Waals surface area (Å²) >= 11 is 0. The summed E-state index contributed by atoms with van der Waals surface area (Å²) in [5.74, 6) is 2.49. The summed E-state index contributed by atoms with van der Waals surface area (Å²) in [5.41, 5.74) is 4.33. The van der Waals surface area contributed by atoms with E-state index >= 15 is 0 Å². The van der Waals surface area contributed by atoms with Gasteiger partial charge in [0.15, 0.2) is 5.96 Å². The molecule has 2 rings (SSSR count). The van der Waals surface area contributed by atoms with E-state index in [9.17, 15) is 0 Å². The summed E-state index contributed by atoms with van der Waals surface area (Å²) in [5, 5.41) is 10.7. The number of aryl methyl sites for hydroxylation is 3. The number of guanidine groups is 1. The predicted molar refractivity (Wildman–Crippen MR) is 126 cm³/mol. The van der Waals surface area contributed by atoms with Gasteiger partial charge in [0, 0.05) is 37.9 Å². The minimum Gasteiger partial charge on any atom is -0.491 e. The van der Waals surface area contributed by atoms with E-state index < -0.39 is 0 Å². The molecule has 0 aliphatic rings. The maximum absolute atomic E-state index is 5.90. The zero-order valence-electron chi connectivity index (χ0n) is 18.0. The standard InChI is InChI=1S/C21H32N4O3.HI/c1-6-26-11-12-27-20-13-15(2)7-8-18(20)14-24-21(22-5)23-10-9-19-16(3)25-28-17(19)4;/h7-8,13H,6,9-12,14H2,1-5H3,(H2,22,23,24);1H. The fraction of sp³-hybridized carbons (Fsp3) is 0.524. The quantitative estimate of drug-likeness (QED) is 0.218. The Balaban J connectivity index is 0.00000420. The van der Waals surface area contributed by atoms with Crippen LogP contribution in [0.1, 0.15) is 35.1 Å². The van der Waals surface area contributed by atoms with Crippen molar-refractivity contribution in [3.63, 3.8) is 0 Å². The second-order valence-electron chi connectivity index (χ2n) is 6.56. The number of aliphatic imine (C=N–C) groups is 1. The molecule has 162 valence electrons. The number of rotatable bonds is 10. The lowest BCUT2D eigenvalue weighted by atomic mass is 10.1. The van der Waals surface area contributed by atoms with Crippen LogP contribution in [0.25, 0.3) is 0 Å². The Bertz CT molecular complexity index is 758. The molecule has 2 N–H and O–H groups in total. The minimum atomic E-state index is 0. The van der Waals surface area contributed by atoms with Gasteiger partial charge in [0.1, 0.15) is 18.1 Å². The fourth-order valence-electron chi connectivity index (χ4n) is 2.86. The number of nitrogens with zero attached hydrogens (tertiary/aromatic N) is 2. The molecule has 0 saturated carbocycles. The number of halogens is 1. The summed E-state index contributed by atoms with van der Waals surface area (Å²) in [6.07, 6.45) is 0.832. The van der Waals surface area contributed by atoms with Crippen LogP contribution >= 0.6 is 24.0 Å². The van der Waals surface area contributed by atoms with Crippen molar-refractivity contribution >= 4 is 29.9 Å². The first-order valence-electron chi connectivity index (χ1n) is 9.71. The van der Waals surface area contributed by atoms with Gasteiger partial charge in [-0.05, 0) is 45.7 Å². The van der Waals surface area contributed by atoms with Crippen LogP contribution in [0.2, 0.25) is 0 Å². The SMILES string of the molecule is CCOCCOc1cc(C)ccc1CNC(=NC)NCCc1c(C)noc1C.I. The van der Waals surface area contributed by atoms with E-state index in [2.05, 4.69) is 45.9 Å².